The first-order valence-corrected chi connectivity index (χ1v) is 12.4. The van der Waals surface area contributed by atoms with Gasteiger partial charge in [0.25, 0.3) is 0 Å². The molecule has 0 saturated carbocycles. The minimum atomic E-state index is -1.02. The largest absolute Gasteiger partial charge is 0.480 e. The third kappa shape index (κ3) is 7.24. The zero-order valence-electron chi connectivity index (χ0n) is 20.2. The van der Waals surface area contributed by atoms with Crippen molar-refractivity contribution in [2.24, 2.45) is 0 Å². The van der Waals surface area contributed by atoms with E-state index in [-0.39, 0.29) is 24.8 Å². The molecule has 0 unspecified atom stereocenters. The molecule has 1 aliphatic heterocycles. The van der Waals surface area contributed by atoms with Gasteiger partial charge in [-0.2, -0.15) is 0 Å². The van der Waals surface area contributed by atoms with Crippen LogP contribution in [0.4, 0.5) is 11.8 Å². The van der Waals surface area contributed by atoms with Crippen LogP contribution in [0.5, 0.6) is 0 Å². The lowest BCUT2D eigenvalue weighted by Gasteiger charge is -2.17. The molecule has 188 valence electrons. The van der Waals surface area contributed by atoms with Crippen LogP contribution in [0.25, 0.3) is 11.1 Å². The first kappa shape index (κ1) is 25.1. The standard InChI is InChI=1S/C27H32N6O3/c34-24(11-5-4-10-22-13-12-20-9-6-15-29-25(20)32-22)28-16-14-23(26(35)36)33-27-30-17-21(18-31-27)19-7-2-1-3-8-19/h1-3,7-8,12-13,17-18,23H,4-6,9-11,14-16H2,(H,28,34)(H,29,32)(H,35,36)(H,30,31,33)/t23-/m1/s1. The number of hydrogen-bond donors (Lipinski definition) is 4. The molecule has 1 atom stereocenters. The molecule has 0 bridgehead atoms. The van der Waals surface area contributed by atoms with Gasteiger partial charge in [0.15, 0.2) is 0 Å². The third-order valence-corrected chi connectivity index (χ3v) is 6.15. The summed E-state index contributed by atoms with van der Waals surface area (Å²) in [4.78, 5) is 37.0. The summed E-state index contributed by atoms with van der Waals surface area (Å²) < 4.78 is 0. The van der Waals surface area contributed by atoms with Crippen LogP contribution >= 0.6 is 0 Å². The van der Waals surface area contributed by atoms with Crippen LogP contribution in [0.2, 0.25) is 0 Å². The van der Waals surface area contributed by atoms with E-state index in [2.05, 4.69) is 43.0 Å². The summed E-state index contributed by atoms with van der Waals surface area (Å²) in [5.41, 5.74) is 4.14. The topological polar surface area (TPSA) is 129 Å². The van der Waals surface area contributed by atoms with Gasteiger partial charge in [-0.3, -0.25) is 4.79 Å². The molecule has 36 heavy (non-hydrogen) atoms. The van der Waals surface area contributed by atoms with E-state index in [4.69, 9.17) is 0 Å². The molecule has 9 heteroatoms. The van der Waals surface area contributed by atoms with Crippen LogP contribution in [0.15, 0.2) is 54.9 Å². The van der Waals surface area contributed by atoms with E-state index in [0.29, 0.717) is 6.42 Å². The van der Waals surface area contributed by atoms with E-state index in [9.17, 15) is 14.7 Å². The van der Waals surface area contributed by atoms with Crippen molar-refractivity contribution < 1.29 is 14.7 Å². The number of carboxylic acid groups (broad SMARTS) is 1. The number of nitrogens with one attached hydrogen (secondary N) is 3. The lowest BCUT2D eigenvalue weighted by molar-refractivity contribution is -0.138. The normalized spacial score (nSPS) is 13.2. The number of aryl methyl sites for hydroxylation is 2. The number of fused-ring (bicyclic) bond motifs is 1. The number of nitrogens with zero attached hydrogens (tertiary/aromatic N) is 3. The number of pyridine rings is 1. The zero-order valence-corrected chi connectivity index (χ0v) is 20.2. The summed E-state index contributed by atoms with van der Waals surface area (Å²) in [5.74, 6) is 0.129. The summed E-state index contributed by atoms with van der Waals surface area (Å²) in [5, 5.41) is 18.5. The third-order valence-electron chi connectivity index (χ3n) is 6.15. The Kier molecular flexibility index (Phi) is 8.80. The van der Waals surface area contributed by atoms with E-state index >= 15 is 0 Å². The Morgan fingerprint density at radius 3 is 2.61 bits per heavy atom. The van der Waals surface area contributed by atoms with Gasteiger partial charge in [-0.15, -0.1) is 0 Å². The minimum absolute atomic E-state index is 0.0809. The number of benzene rings is 1. The molecule has 0 fully saturated rings. The molecule has 2 aromatic heterocycles. The van der Waals surface area contributed by atoms with Gasteiger partial charge in [0.1, 0.15) is 11.9 Å². The van der Waals surface area contributed by atoms with Crippen molar-refractivity contribution in [1.82, 2.24) is 20.3 Å². The number of amides is 1. The predicted octanol–water partition coefficient (Wildman–Crippen LogP) is 3.68. The van der Waals surface area contributed by atoms with E-state index in [1.807, 2.05) is 30.3 Å². The fraction of sp³-hybridized carbons (Fsp3) is 0.370. The highest BCUT2D eigenvalue weighted by Gasteiger charge is 2.18. The summed E-state index contributed by atoms with van der Waals surface area (Å²) >= 11 is 0. The summed E-state index contributed by atoms with van der Waals surface area (Å²) in [6.07, 6.45) is 8.59. The highest BCUT2D eigenvalue weighted by atomic mass is 16.4. The SMILES string of the molecule is O=C(CCCCc1ccc2c(n1)NCCC2)NCC[C@@H](Nc1ncc(-c2ccccc2)cn1)C(=O)O. The van der Waals surface area contributed by atoms with Gasteiger partial charge < -0.3 is 21.1 Å². The molecule has 0 radical (unpaired) electrons. The molecule has 1 amide bonds. The van der Waals surface area contributed by atoms with Crippen molar-refractivity contribution >= 4 is 23.6 Å². The van der Waals surface area contributed by atoms with Gasteiger partial charge in [-0.1, -0.05) is 36.4 Å². The molecule has 4 N–H and O–H groups in total. The second kappa shape index (κ2) is 12.6. The molecule has 0 aliphatic carbocycles. The number of unbranched alkanes of at least 4 members (excludes halogenated alkanes) is 1. The molecule has 3 aromatic rings. The van der Waals surface area contributed by atoms with Gasteiger partial charge >= 0.3 is 5.97 Å². The van der Waals surface area contributed by atoms with Crippen molar-refractivity contribution in [3.63, 3.8) is 0 Å². The van der Waals surface area contributed by atoms with Gasteiger partial charge in [-0.05, 0) is 55.7 Å². The Labute approximate surface area is 210 Å². The number of carboxylic acids is 1. The van der Waals surface area contributed by atoms with Gasteiger partial charge in [0.2, 0.25) is 11.9 Å². The van der Waals surface area contributed by atoms with Crippen LogP contribution < -0.4 is 16.0 Å². The van der Waals surface area contributed by atoms with Crippen LogP contribution in [-0.2, 0) is 22.4 Å². The Bertz CT molecular complexity index is 1150. The van der Waals surface area contributed by atoms with Crippen molar-refractivity contribution in [3.05, 3.63) is 66.1 Å². The zero-order chi connectivity index (χ0) is 25.2. The number of carbonyl (C=O) groups is 2. The molecule has 0 saturated heterocycles. The van der Waals surface area contributed by atoms with Crippen molar-refractivity contribution in [1.29, 1.82) is 0 Å². The number of aliphatic carboxylic acids is 1. The number of carbonyl (C=O) groups excluding carboxylic acids is 1. The van der Waals surface area contributed by atoms with Gasteiger partial charge in [-0.25, -0.2) is 19.7 Å². The Morgan fingerprint density at radius 1 is 1.03 bits per heavy atom. The molecular weight excluding hydrogens is 456 g/mol. The number of rotatable bonds is 12. The van der Waals surface area contributed by atoms with Crippen molar-refractivity contribution in [3.8, 4) is 11.1 Å². The molecule has 0 spiro atoms. The Morgan fingerprint density at radius 2 is 1.83 bits per heavy atom. The van der Waals surface area contributed by atoms with Gasteiger partial charge in [0, 0.05) is 43.2 Å². The predicted molar refractivity (Wildman–Crippen MR) is 139 cm³/mol. The second-order valence-corrected chi connectivity index (χ2v) is 8.88. The number of hydrogen-bond acceptors (Lipinski definition) is 7. The second-order valence-electron chi connectivity index (χ2n) is 8.88. The molecule has 1 aromatic carbocycles. The molecule has 3 heterocycles. The fourth-order valence-electron chi connectivity index (χ4n) is 4.14. The lowest BCUT2D eigenvalue weighted by atomic mass is 10.1. The number of aromatic nitrogens is 3. The van der Waals surface area contributed by atoms with Crippen molar-refractivity contribution in [2.45, 2.75) is 51.0 Å². The summed E-state index contributed by atoms with van der Waals surface area (Å²) in [6.45, 7) is 1.22. The smallest absolute Gasteiger partial charge is 0.326 e. The monoisotopic (exact) mass is 488 g/mol. The summed E-state index contributed by atoms with van der Waals surface area (Å²) in [7, 11) is 0. The minimum Gasteiger partial charge on any atom is -0.480 e. The molecule has 1 aliphatic rings. The van der Waals surface area contributed by atoms with E-state index < -0.39 is 12.0 Å². The van der Waals surface area contributed by atoms with Crippen LogP contribution in [-0.4, -0.2) is 51.1 Å². The molecular formula is C27H32N6O3. The van der Waals surface area contributed by atoms with E-state index in [0.717, 1.165) is 61.3 Å². The summed E-state index contributed by atoms with van der Waals surface area (Å²) in [6, 6.07) is 13.0. The Balaban J connectivity index is 1.15. The van der Waals surface area contributed by atoms with Crippen LogP contribution in [0.3, 0.4) is 0 Å². The average molecular weight is 489 g/mol. The van der Waals surface area contributed by atoms with Crippen LogP contribution in [0.1, 0.15) is 43.4 Å². The van der Waals surface area contributed by atoms with E-state index in [1.54, 1.807) is 12.4 Å². The average Bonchev–Trinajstić information content (AvgIpc) is 2.91. The lowest BCUT2D eigenvalue weighted by Crippen LogP contribution is -2.35. The molecule has 4 rings (SSSR count). The first-order valence-electron chi connectivity index (χ1n) is 12.4. The van der Waals surface area contributed by atoms with Gasteiger partial charge in [0.05, 0.1) is 0 Å². The van der Waals surface area contributed by atoms with Crippen molar-refractivity contribution in [2.75, 3.05) is 23.7 Å². The molecule has 9 nitrogen and oxygen atoms in total. The van der Waals surface area contributed by atoms with Crippen LogP contribution in [0, 0.1) is 0 Å². The fourth-order valence-corrected chi connectivity index (χ4v) is 4.14. The Hall–Kier alpha value is -4.01. The maximum Gasteiger partial charge on any atom is 0.326 e. The maximum atomic E-state index is 12.2. The van der Waals surface area contributed by atoms with E-state index in [1.165, 1.54) is 5.56 Å². The highest BCUT2D eigenvalue weighted by Crippen LogP contribution is 2.20. The number of anilines is 2. The first-order chi connectivity index (χ1) is 17.6. The highest BCUT2D eigenvalue weighted by molar-refractivity contribution is 5.77. The quantitative estimate of drug-likeness (QED) is 0.284. The maximum absolute atomic E-state index is 12.2.